The smallest absolute Gasteiger partial charge is 0.267 e. The summed E-state index contributed by atoms with van der Waals surface area (Å²) in [5.74, 6) is -5.18. The molecule has 3 N–H and O–H groups in total. The number of nitrogens with one attached hydrogen (secondary N) is 2. The summed E-state index contributed by atoms with van der Waals surface area (Å²) in [6.07, 6.45) is -2.73. The van der Waals surface area contributed by atoms with Crippen molar-refractivity contribution in [3.05, 3.63) is 101 Å². The van der Waals surface area contributed by atoms with Gasteiger partial charge in [-0.3, -0.25) is 14.4 Å². The molecule has 3 atom stereocenters. The van der Waals surface area contributed by atoms with Crippen LogP contribution in [0.4, 0.5) is 8.78 Å². The highest BCUT2D eigenvalue weighted by molar-refractivity contribution is 5.91. The maximum Gasteiger partial charge on any atom is 0.267 e. The van der Waals surface area contributed by atoms with Crippen LogP contribution in [0.2, 0.25) is 0 Å². The average Bonchev–Trinajstić information content (AvgIpc) is 3.31. The van der Waals surface area contributed by atoms with Crippen LogP contribution in [0, 0.1) is 20.8 Å². The third kappa shape index (κ3) is 8.63. The van der Waals surface area contributed by atoms with E-state index in [4.69, 9.17) is 4.74 Å². The molecule has 0 bridgehead atoms. The maximum atomic E-state index is 14.6. The number of alkyl halides is 2. The zero-order valence-corrected chi connectivity index (χ0v) is 24.5. The van der Waals surface area contributed by atoms with E-state index < -0.39 is 54.8 Å². The van der Waals surface area contributed by atoms with Crippen molar-refractivity contribution in [2.45, 2.75) is 71.7 Å². The Hall–Kier alpha value is -4.31. The predicted molar refractivity (Wildman–Crippen MR) is 164 cm³/mol. The van der Waals surface area contributed by atoms with Crippen LogP contribution >= 0.6 is 0 Å². The highest BCUT2D eigenvalue weighted by atomic mass is 19.3. The Morgan fingerprint density at radius 1 is 0.955 bits per heavy atom. The number of hydrogen-bond acceptors (Lipinski definition) is 5. The Kier molecular flexibility index (Phi) is 11.6. The lowest BCUT2D eigenvalue weighted by atomic mass is 9.99. The first-order chi connectivity index (χ1) is 20.4. The molecular weight excluding hydrogens is 568 g/mol. The standard InChI is InChI=1S/C33H37F2N3O5.CH4/c1-21-10-7-8-15-25(21)18-36-31(41)27-17-33(34,35)20-38(27)32(42)29(40)26(16-24-13-5-4-6-14-24)37-28(39)19-43-30-22(2)11-9-12-23(30)3;/h4-15,26-27,29,40H,16-20H2,1-3H3,(H,36,41)(H,37,39);1H4/t26-,27-,29-;/m0./s1. The van der Waals surface area contributed by atoms with Crippen molar-refractivity contribution in [1.82, 2.24) is 15.5 Å². The molecule has 0 unspecified atom stereocenters. The second-order valence-electron chi connectivity index (χ2n) is 11.0. The summed E-state index contributed by atoms with van der Waals surface area (Å²) < 4.78 is 34.9. The Balaban J connectivity index is 0.00000529. The van der Waals surface area contributed by atoms with Gasteiger partial charge in [0.25, 0.3) is 17.7 Å². The van der Waals surface area contributed by atoms with Crippen molar-refractivity contribution < 1.29 is 33.0 Å². The van der Waals surface area contributed by atoms with E-state index >= 15 is 0 Å². The molecule has 1 aliphatic heterocycles. The van der Waals surface area contributed by atoms with E-state index in [0.29, 0.717) is 11.3 Å². The van der Waals surface area contributed by atoms with E-state index in [2.05, 4.69) is 10.6 Å². The van der Waals surface area contributed by atoms with Crippen LogP contribution in [0.25, 0.3) is 0 Å². The van der Waals surface area contributed by atoms with Gasteiger partial charge in [-0.25, -0.2) is 8.78 Å². The summed E-state index contributed by atoms with van der Waals surface area (Å²) in [6, 6.07) is 19.1. The number of para-hydroxylation sites is 1. The number of carbonyl (C=O) groups excluding carboxylic acids is 3. The molecule has 8 nitrogen and oxygen atoms in total. The molecule has 10 heteroatoms. The predicted octanol–water partition coefficient (Wildman–Crippen LogP) is 4.27. The number of likely N-dealkylation sites (tertiary alicyclic amines) is 1. The molecule has 0 radical (unpaired) electrons. The number of carbonyl (C=O) groups is 3. The third-order valence-electron chi connectivity index (χ3n) is 7.61. The second-order valence-corrected chi connectivity index (χ2v) is 11.0. The topological polar surface area (TPSA) is 108 Å². The van der Waals surface area contributed by atoms with Gasteiger partial charge >= 0.3 is 0 Å². The first kappa shape index (κ1) is 34.2. The molecule has 0 saturated carbocycles. The zero-order valence-electron chi connectivity index (χ0n) is 24.5. The van der Waals surface area contributed by atoms with Crippen molar-refractivity contribution in [2.75, 3.05) is 13.2 Å². The SMILES string of the molecule is C.Cc1ccccc1CNC(=O)[C@@H]1CC(F)(F)CN1C(=O)[C@@H](O)[C@H](Cc1ccccc1)NC(=O)COc1c(C)cccc1C. The number of aliphatic hydroxyl groups is 1. The molecule has 1 saturated heterocycles. The molecule has 4 rings (SSSR count). The van der Waals surface area contributed by atoms with Gasteiger partial charge in [-0.05, 0) is 55.0 Å². The first-order valence-electron chi connectivity index (χ1n) is 14.2. The fraction of sp³-hybridized carbons (Fsp3) is 0.382. The molecule has 3 amide bonds. The van der Waals surface area contributed by atoms with E-state index in [-0.39, 0.29) is 27.0 Å². The summed E-state index contributed by atoms with van der Waals surface area (Å²) >= 11 is 0. The fourth-order valence-electron chi connectivity index (χ4n) is 5.26. The number of aliphatic hydroxyl groups excluding tert-OH is 1. The molecule has 44 heavy (non-hydrogen) atoms. The largest absolute Gasteiger partial charge is 0.483 e. The number of aryl methyl sites for hydroxylation is 3. The van der Waals surface area contributed by atoms with E-state index in [1.165, 1.54) is 0 Å². The normalized spacial score (nSPS) is 16.8. The number of amides is 3. The number of halogens is 2. The molecule has 236 valence electrons. The molecule has 1 fully saturated rings. The van der Waals surface area contributed by atoms with Crippen molar-refractivity contribution in [1.29, 1.82) is 0 Å². The average molecular weight is 610 g/mol. The lowest BCUT2D eigenvalue weighted by Gasteiger charge is -2.30. The van der Waals surface area contributed by atoms with Crippen molar-refractivity contribution in [2.24, 2.45) is 0 Å². The number of rotatable bonds is 11. The summed E-state index contributed by atoms with van der Waals surface area (Å²) in [5.41, 5.74) is 4.11. The Morgan fingerprint density at radius 2 is 1.57 bits per heavy atom. The van der Waals surface area contributed by atoms with Crippen molar-refractivity contribution in [3.63, 3.8) is 0 Å². The molecule has 0 aromatic heterocycles. The zero-order chi connectivity index (χ0) is 31.1. The fourth-order valence-corrected chi connectivity index (χ4v) is 5.26. The van der Waals surface area contributed by atoms with Gasteiger partial charge in [0.2, 0.25) is 5.91 Å². The molecule has 0 aliphatic carbocycles. The molecule has 1 aliphatic rings. The van der Waals surface area contributed by atoms with Gasteiger partial charge in [-0.2, -0.15) is 0 Å². The molecule has 3 aromatic rings. The van der Waals surface area contributed by atoms with E-state index in [1.807, 2.05) is 57.2 Å². The Morgan fingerprint density at radius 3 is 2.23 bits per heavy atom. The minimum absolute atomic E-state index is 0. The Bertz CT molecular complexity index is 1430. The van der Waals surface area contributed by atoms with Gasteiger partial charge in [-0.15, -0.1) is 0 Å². The van der Waals surface area contributed by atoms with Crippen LogP contribution in [0.5, 0.6) is 5.75 Å². The molecular formula is C34H41F2N3O5. The Labute approximate surface area is 257 Å². The minimum atomic E-state index is -3.32. The van der Waals surface area contributed by atoms with Gasteiger partial charge < -0.3 is 25.4 Å². The van der Waals surface area contributed by atoms with Gasteiger partial charge in [0.05, 0.1) is 12.6 Å². The number of hydrogen-bond donors (Lipinski definition) is 3. The second kappa shape index (κ2) is 14.9. The van der Waals surface area contributed by atoms with Crippen LogP contribution in [-0.4, -0.2) is 65.0 Å². The number of ether oxygens (including phenoxy) is 1. The van der Waals surface area contributed by atoms with Gasteiger partial charge in [0.1, 0.15) is 11.8 Å². The molecule has 1 heterocycles. The van der Waals surface area contributed by atoms with Gasteiger partial charge in [0.15, 0.2) is 12.7 Å². The third-order valence-corrected chi connectivity index (χ3v) is 7.61. The van der Waals surface area contributed by atoms with Crippen LogP contribution in [0.15, 0.2) is 72.8 Å². The quantitative estimate of drug-likeness (QED) is 0.301. The highest BCUT2D eigenvalue weighted by Gasteiger charge is 2.51. The van der Waals surface area contributed by atoms with Gasteiger partial charge in [0, 0.05) is 13.0 Å². The van der Waals surface area contributed by atoms with Crippen LogP contribution in [-0.2, 0) is 27.3 Å². The number of benzene rings is 3. The van der Waals surface area contributed by atoms with E-state index in [1.54, 1.807) is 36.4 Å². The number of nitrogens with zero attached hydrogens (tertiary/aromatic N) is 1. The van der Waals surface area contributed by atoms with Crippen LogP contribution in [0.1, 0.15) is 41.7 Å². The lowest BCUT2D eigenvalue weighted by molar-refractivity contribution is -0.147. The van der Waals surface area contributed by atoms with Gasteiger partial charge in [-0.1, -0.05) is 80.2 Å². The highest BCUT2D eigenvalue weighted by Crippen LogP contribution is 2.33. The molecule has 3 aromatic carbocycles. The monoisotopic (exact) mass is 609 g/mol. The van der Waals surface area contributed by atoms with Crippen molar-refractivity contribution >= 4 is 17.7 Å². The van der Waals surface area contributed by atoms with Crippen LogP contribution in [0.3, 0.4) is 0 Å². The maximum absolute atomic E-state index is 14.6. The summed E-state index contributed by atoms with van der Waals surface area (Å²) in [5, 5.41) is 16.5. The summed E-state index contributed by atoms with van der Waals surface area (Å²) in [4.78, 5) is 40.3. The summed E-state index contributed by atoms with van der Waals surface area (Å²) in [7, 11) is 0. The minimum Gasteiger partial charge on any atom is -0.483 e. The first-order valence-corrected chi connectivity index (χ1v) is 14.2. The summed E-state index contributed by atoms with van der Waals surface area (Å²) in [6.45, 7) is 4.26. The van der Waals surface area contributed by atoms with Crippen molar-refractivity contribution in [3.8, 4) is 5.75 Å². The lowest BCUT2D eigenvalue weighted by Crippen LogP contribution is -2.56. The van der Waals surface area contributed by atoms with E-state index in [0.717, 1.165) is 27.2 Å². The van der Waals surface area contributed by atoms with Crippen LogP contribution < -0.4 is 15.4 Å². The van der Waals surface area contributed by atoms with E-state index in [9.17, 15) is 28.3 Å². The molecule has 0 spiro atoms.